The third-order valence-electron chi connectivity index (χ3n) is 5.64. The quantitative estimate of drug-likeness (QED) is 0.753. The summed E-state index contributed by atoms with van der Waals surface area (Å²) in [5.74, 6) is 1.85. The van der Waals surface area contributed by atoms with Gasteiger partial charge in [0.15, 0.2) is 11.5 Å². The second-order valence-corrected chi connectivity index (χ2v) is 7.70. The Balaban J connectivity index is 1.29. The minimum absolute atomic E-state index is 0.205. The number of nitrogens with zero attached hydrogens (tertiary/aromatic N) is 3. The van der Waals surface area contributed by atoms with Crippen LogP contribution in [0.4, 0.5) is 5.69 Å². The SMILES string of the molecule is CCN(CC(=O)N1CCN(Cc2ccc3c(c2)OCO3)CC1)c1cccc(C)c1. The molecule has 1 amide bonds. The number of likely N-dealkylation sites (N-methyl/N-ethyl adjacent to an activating group) is 1. The van der Waals surface area contributed by atoms with Crippen LogP contribution in [0.5, 0.6) is 11.5 Å². The van der Waals surface area contributed by atoms with Crippen molar-refractivity contribution in [2.45, 2.75) is 20.4 Å². The molecule has 1 saturated heterocycles. The van der Waals surface area contributed by atoms with E-state index < -0.39 is 0 Å². The minimum atomic E-state index is 0.205. The van der Waals surface area contributed by atoms with E-state index in [4.69, 9.17) is 9.47 Å². The fourth-order valence-electron chi connectivity index (χ4n) is 3.93. The van der Waals surface area contributed by atoms with E-state index in [-0.39, 0.29) is 5.91 Å². The molecule has 2 heterocycles. The molecule has 0 saturated carbocycles. The number of anilines is 1. The lowest BCUT2D eigenvalue weighted by Crippen LogP contribution is -2.51. The van der Waals surface area contributed by atoms with E-state index in [9.17, 15) is 4.79 Å². The fourth-order valence-corrected chi connectivity index (χ4v) is 3.93. The van der Waals surface area contributed by atoms with E-state index in [1.807, 2.05) is 17.0 Å². The molecule has 6 heteroatoms. The minimum Gasteiger partial charge on any atom is -0.454 e. The Morgan fingerprint density at radius 3 is 2.59 bits per heavy atom. The van der Waals surface area contributed by atoms with Crippen molar-refractivity contribution >= 4 is 11.6 Å². The number of carbonyl (C=O) groups excluding carboxylic acids is 1. The number of hydrogen-bond donors (Lipinski definition) is 0. The van der Waals surface area contributed by atoms with Crippen LogP contribution in [0.2, 0.25) is 0 Å². The Kier molecular flexibility index (Phi) is 5.90. The summed E-state index contributed by atoms with van der Waals surface area (Å²) in [7, 11) is 0. The normalized spacial score (nSPS) is 16.1. The molecule has 0 aliphatic carbocycles. The Labute approximate surface area is 172 Å². The summed E-state index contributed by atoms with van der Waals surface area (Å²) in [4.78, 5) is 19.4. The maximum Gasteiger partial charge on any atom is 0.242 e. The molecule has 1 fully saturated rings. The lowest BCUT2D eigenvalue weighted by Gasteiger charge is -2.36. The summed E-state index contributed by atoms with van der Waals surface area (Å²) in [6.45, 7) is 9.91. The summed E-state index contributed by atoms with van der Waals surface area (Å²) in [5.41, 5.74) is 3.54. The van der Waals surface area contributed by atoms with Crippen LogP contribution in [-0.4, -0.2) is 61.8 Å². The molecule has 0 unspecified atom stereocenters. The molecule has 2 aliphatic heterocycles. The molecule has 2 aromatic carbocycles. The van der Waals surface area contributed by atoms with Crippen LogP contribution in [0.15, 0.2) is 42.5 Å². The van der Waals surface area contributed by atoms with Crippen LogP contribution < -0.4 is 14.4 Å². The van der Waals surface area contributed by atoms with E-state index in [1.165, 1.54) is 11.1 Å². The highest BCUT2D eigenvalue weighted by atomic mass is 16.7. The van der Waals surface area contributed by atoms with E-state index in [0.717, 1.165) is 56.5 Å². The lowest BCUT2D eigenvalue weighted by atomic mass is 10.1. The van der Waals surface area contributed by atoms with Gasteiger partial charge >= 0.3 is 0 Å². The summed E-state index contributed by atoms with van der Waals surface area (Å²) in [5, 5.41) is 0. The second kappa shape index (κ2) is 8.74. The number of hydrogen-bond acceptors (Lipinski definition) is 5. The van der Waals surface area contributed by atoms with Crippen molar-refractivity contribution in [3.63, 3.8) is 0 Å². The molecule has 0 aromatic heterocycles. The number of carbonyl (C=O) groups is 1. The molecule has 4 rings (SSSR count). The summed E-state index contributed by atoms with van der Waals surface area (Å²) in [6, 6.07) is 14.5. The van der Waals surface area contributed by atoms with E-state index >= 15 is 0 Å². The van der Waals surface area contributed by atoms with Crippen LogP contribution in [0.25, 0.3) is 0 Å². The van der Waals surface area contributed by atoms with Crippen molar-refractivity contribution in [3.8, 4) is 11.5 Å². The van der Waals surface area contributed by atoms with Crippen molar-refractivity contribution < 1.29 is 14.3 Å². The van der Waals surface area contributed by atoms with Crippen molar-refractivity contribution in [2.75, 3.05) is 51.0 Å². The third kappa shape index (κ3) is 4.65. The predicted molar refractivity (Wildman–Crippen MR) is 113 cm³/mol. The standard InChI is InChI=1S/C23H29N3O3/c1-3-25(20-6-4-5-18(2)13-20)16-23(27)26-11-9-24(10-12-26)15-19-7-8-21-22(14-19)29-17-28-21/h4-8,13-14H,3,9-12,15-17H2,1-2H3. The Hall–Kier alpha value is -2.73. The lowest BCUT2D eigenvalue weighted by molar-refractivity contribution is -0.131. The Morgan fingerprint density at radius 1 is 1.03 bits per heavy atom. The molecule has 2 aliphatic rings. The van der Waals surface area contributed by atoms with Crippen LogP contribution in [-0.2, 0) is 11.3 Å². The average molecular weight is 396 g/mol. The molecule has 154 valence electrons. The van der Waals surface area contributed by atoms with Gasteiger partial charge < -0.3 is 19.3 Å². The predicted octanol–water partition coefficient (Wildman–Crippen LogP) is 2.89. The Bertz CT molecular complexity index is 862. The van der Waals surface area contributed by atoms with Crippen LogP contribution in [0, 0.1) is 6.92 Å². The van der Waals surface area contributed by atoms with Crippen molar-refractivity contribution in [1.29, 1.82) is 0 Å². The molecule has 0 spiro atoms. The van der Waals surface area contributed by atoms with Crippen molar-refractivity contribution in [1.82, 2.24) is 9.80 Å². The van der Waals surface area contributed by atoms with Gasteiger partial charge in [-0.05, 0) is 49.2 Å². The second-order valence-electron chi connectivity index (χ2n) is 7.70. The summed E-state index contributed by atoms with van der Waals surface area (Å²) >= 11 is 0. The molecule has 0 atom stereocenters. The van der Waals surface area contributed by atoms with Gasteiger partial charge in [-0.25, -0.2) is 0 Å². The molecular weight excluding hydrogens is 366 g/mol. The fraction of sp³-hybridized carbons (Fsp3) is 0.435. The number of benzene rings is 2. The average Bonchev–Trinajstić information content (AvgIpc) is 3.20. The molecule has 0 N–H and O–H groups in total. The number of piperazine rings is 1. The number of rotatable bonds is 6. The molecule has 2 aromatic rings. The maximum atomic E-state index is 12.9. The maximum absolute atomic E-state index is 12.9. The topological polar surface area (TPSA) is 45.3 Å². The van der Waals surface area contributed by atoms with Crippen molar-refractivity contribution in [3.05, 3.63) is 53.6 Å². The van der Waals surface area contributed by atoms with Gasteiger partial charge in [0.05, 0.1) is 6.54 Å². The highest BCUT2D eigenvalue weighted by molar-refractivity contribution is 5.81. The first-order valence-corrected chi connectivity index (χ1v) is 10.3. The zero-order chi connectivity index (χ0) is 20.2. The molecule has 6 nitrogen and oxygen atoms in total. The summed E-state index contributed by atoms with van der Waals surface area (Å²) < 4.78 is 10.8. The van der Waals surface area contributed by atoms with Gasteiger partial charge in [-0.15, -0.1) is 0 Å². The number of amides is 1. The zero-order valence-electron chi connectivity index (χ0n) is 17.3. The number of ether oxygens (including phenoxy) is 2. The first kappa shape index (κ1) is 19.6. The molecule has 29 heavy (non-hydrogen) atoms. The van der Waals surface area contributed by atoms with Gasteiger partial charge in [-0.3, -0.25) is 9.69 Å². The molecular formula is C23H29N3O3. The van der Waals surface area contributed by atoms with Gasteiger partial charge in [-0.2, -0.15) is 0 Å². The highest BCUT2D eigenvalue weighted by Gasteiger charge is 2.23. The summed E-state index contributed by atoms with van der Waals surface area (Å²) in [6.07, 6.45) is 0. The Morgan fingerprint density at radius 2 is 1.83 bits per heavy atom. The smallest absolute Gasteiger partial charge is 0.242 e. The number of fused-ring (bicyclic) bond motifs is 1. The van der Waals surface area contributed by atoms with Crippen LogP contribution in [0.3, 0.4) is 0 Å². The third-order valence-corrected chi connectivity index (χ3v) is 5.64. The zero-order valence-corrected chi connectivity index (χ0v) is 17.3. The highest BCUT2D eigenvalue weighted by Crippen LogP contribution is 2.32. The van der Waals surface area contributed by atoms with Crippen LogP contribution >= 0.6 is 0 Å². The number of aryl methyl sites for hydroxylation is 1. The van der Waals surface area contributed by atoms with Gasteiger partial charge in [0, 0.05) is 45.0 Å². The van der Waals surface area contributed by atoms with Gasteiger partial charge in [0.1, 0.15) is 0 Å². The first-order valence-electron chi connectivity index (χ1n) is 10.3. The molecule has 0 bridgehead atoms. The van der Waals surface area contributed by atoms with E-state index in [0.29, 0.717) is 13.3 Å². The van der Waals surface area contributed by atoms with E-state index in [2.05, 4.69) is 54.0 Å². The van der Waals surface area contributed by atoms with Crippen molar-refractivity contribution in [2.24, 2.45) is 0 Å². The van der Waals surface area contributed by atoms with Gasteiger partial charge in [0.2, 0.25) is 12.7 Å². The molecule has 0 radical (unpaired) electrons. The largest absolute Gasteiger partial charge is 0.454 e. The van der Waals surface area contributed by atoms with Gasteiger partial charge in [-0.1, -0.05) is 18.2 Å². The van der Waals surface area contributed by atoms with Gasteiger partial charge in [0.25, 0.3) is 0 Å². The first-order chi connectivity index (χ1) is 14.1. The monoisotopic (exact) mass is 395 g/mol. The van der Waals surface area contributed by atoms with E-state index in [1.54, 1.807) is 0 Å². The van der Waals surface area contributed by atoms with Crippen LogP contribution in [0.1, 0.15) is 18.1 Å².